The Labute approximate surface area is 85.7 Å². The largest absolute Gasteiger partial charge is 0.393 e. The second kappa shape index (κ2) is 5.49. The summed E-state index contributed by atoms with van der Waals surface area (Å²) in [6.07, 6.45) is 6.86. The van der Waals surface area contributed by atoms with E-state index in [4.69, 9.17) is 9.47 Å². The van der Waals surface area contributed by atoms with Crippen molar-refractivity contribution in [2.45, 2.75) is 44.5 Å². The van der Waals surface area contributed by atoms with Gasteiger partial charge in [0.1, 0.15) is 0 Å². The van der Waals surface area contributed by atoms with Gasteiger partial charge >= 0.3 is 0 Å². The van der Waals surface area contributed by atoms with E-state index in [0.29, 0.717) is 19.4 Å². The summed E-state index contributed by atoms with van der Waals surface area (Å²) < 4.78 is 11.0. The summed E-state index contributed by atoms with van der Waals surface area (Å²) >= 11 is 0. The predicted octanol–water partition coefficient (Wildman–Crippen LogP) is 1.86. The zero-order chi connectivity index (χ0) is 10.4. The van der Waals surface area contributed by atoms with Gasteiger partial charge in [0.2, 0.25) is 0 Å². The molecule has 0 aromatic carbocycles. The number of aliphatic hydroxyl groups excluding tert-OH is 1. The number of aliphatic hydroxyl groups is 1. The van der Waals surface area contributed by atoms with E-state index in [2.05, 4.69) is 6.08 Å². The van der Waals surface area contributed by atoms with Crippen molar-refractivity contribution in [1.29, 1.82) is 0 Å². The zero-order valence-corrected chi connectivity index (χ0v) is 9.03. The first kappa shape index (κ1) is 11.7. The first-order chi connectivity index (χ1) is 6.72. The average Bonchev–Trinajstić information content (AvgIpc) is 2.18. The molecule has 1 heterocycles. The summed E-state index contributed by atoms with van der Waals surface area (Å²) in [5.41, 5.74) is 0. The van der Waals surface area contributed by atoms with Gasteiger partial charge < -0.3 is 14.6 Å². The highest BCUT2D eigenvalue weighted by Gasteiger charge is 2.36. The Balaban J connectivity index is 2.47. The molecular weight excluding hydrogens is 180 g/mol. The van der Waals surface area contributed by atoms with Crippen LogP contribution in [0.4, 0.5) is 0 Å². The van der Waals surface area contributed by atoms with Crippen molar-refractivity contribution in [2.75, 3.05) is 13.7 Å². The third-order valence-corrected chi connectivity index (χ3v) is 2.66. The lowest BCUT2D eigenvalue weighted by molar-refractivity contribution is -0.262. The Hall–Kier alpha value is -0.380. The van der Waals surface area contributed by atoms with Crippen LogP contribution in [0.25, 0.3) is 0 Å². The molecule has 0 saturated carbocycles. The van der Waals surface area contributed by atoms with E-state index in [-0.39, 0.29) is 6.10 Å². The molecule has 0 bridgehead atoms. The normalized spacial score (nSPS) is 33.8. The van der Waals surface area contributed by atoms with Gasteiger partial charge in [-0.3, -0.25) is 0 Å². The molecule has 14 heavy (non-hydrogen) atoms. The second-order valence-corrected chi connectivity index (χ2v) is 3.72. The van der Waals surface area contributed by atoms with Gasteiger partial charge in [-0.2, -0.15) is 0 Å². The SMILES string of the molecule is CC=CCC[C@]1(OC)C[C@@H](O)CCO1. The number of rotatable bonds is 4. The first-order valence-corrected chi connectivity index (χ1v) is 5.21. The summed E-state index contributed by atoms with van der Waals surface area (Å²) in [6, 6.07) is 0. The lowest BCUT2D eigenvalue weighted by Crippen LogP contribution is -2.43. The lowest BCUT2D eigenvalue weighted by atomic mass is 9.98. The van der Waals surface area contributed by atoms with Crippen LogP contribution in [-0.4, -0.2) is 30.7 Å². The predicted molar refractivity (Wildman–Crippen MR) is 55.0 cm³/mol. The van der Waals surface area contributed by atoms with Crippen LogP contribution >= 0.6 is 0 Å². The van der Waals surface area contributed by atoms with Gasteiger partial charge in [-0.05, 0) is 19.8 Å². The monoisotopic (exact) mass is 200 g/mol. The number of ether oxygens (including phenoxy) is 2. The van der Waals surface area contributed by atoms with Crippen molar-refractivity contribution in [2.24, 2.45) is 0 Å². The Bertz CT molecular complexity index is 191. The quantitative estimate of drug-likeness (QED) is 0.704. The van der Waals surface area contributed by atoms with E-state index < -0.39 is 5.79 Å². The van der Waals surface area contributed by atoms with E-state index in [1.807, 2.05) is 13.0 Å². The molecule has 0 unspecified atom stereocenters. The highest BCUT2D eigenvalue weighted by molar-refractivity contribution is 4.84. The topological polar surface area (TPSA) is 38.7 Å². The molecule has 82 valence electrons. The van der Waals surface area contributed by atoms with Gasteiger partial charge in [-0.15, -0.1) is 0 Å². The molecule has 1 saturated heterocycles. The lowest BCUT2D eigenvalue weighted by Gasteiger charge is -2.38. The van der Waals surface area contributed by atoms with Crippen LogP contribution in [0.5, 0.6) is 0 Å². The molecule has 1 fully saturated rings. The van der Waals surface area contributed by atoms with Crippen LogP contribution in [0.15, 0.2) is 12.2 Å². The summed E-state index contributed by atoms with van der Waals surface area (Å²) in [5.74, 6) is -0.558. The molecule has 3 nitrogen and oxygen atoms in total. The maximum atomic E-state index is 9.55. The maximum Gasteiger partial charge on any atom is 0.170 e. The first-order valence-electron chi connectivity index (χ1n) is 5.21. The van der Waals surface area contributed by atoms with Crippen molar-refractivity contribution >= 4 is 0 Å². The van der Waals surface area contributed by atoms with Crippen LogP contribution in [0, 0.1) is 0 Å². The molecule has 1 aliphatic rings. The van der Waals surface area contributed by atoms with Crippen LogP contribution in [-0.2, 0) is 9.47 Å². The minimum absolute atomic E-state index is 0.283. The molecule has 1 rings (SSSR count). The Morgan fingerprint density at radius 2 is 2.43 bits per heavy atom. The Morgan fingerprint density at radius 3 is 3.00 bits per heavy atom. The van der Waals surface area contributed by atoms with Crippen LogP contribution in [0.1, 0.15) is 32.6 Å². The van der Waals surface area contributed by atoms with Crippen LogP contribution in [0.2, 0.25) is 0 Å². The number of hydrogen-bond donors (Lipinski definition) is 1. The summed E-state index contributed by atoms with van der Waals surface area (Å²) in [6.45, 7) is 2.58. The van der Waals surface area contributed by atoms with Gasteiger partial charge in [0, 0.05) is 20.0 Å². The molecule has 0 aromatic rings. The van der Waals surface area contributed by atoms with Crippen LogP contribution < -0.4 is 0 Å². The molecule has 0 amide bonds. The number of allylic oxidation sites excluding steroid dienone is 2. The van der Waals surface area contributed by atoms with Crippen molar-refractivity contribution in [1.82, 2.24) is 0 Å². The van der Waals surface area contributed by atoms with Crippen LogP contribution in [0.3, 0.4) is 0 Å². The fraction of sp³-hybridized carbons (Fsp3) is 0.818. The maximum absolute atomic E-state index is 9.55. The van der Waals surface area contributed by atoms with Gasteiger partial charge in [0.05, 0.1) is 12.7 Å². The molecule has 2 atom stereocenters. The van der Waals surface area contributed by atoms with E-state index in [1.54, 1.807) is 7.11 Å². The number of methoxy groups -OCH3 is 1. The highest BCUT2D eigenvalue weighted by atomic mass is 16.7. The van der Waals surface area contributed by atoms with Gasteiger partial charge in [0.25, 0.3) is 0 Å². The molecule has 0 aromatic heterocycles. The zero-order valence-electron chi connectivity index (χ0n) is 9.03. The van der Waals surface area contributed by atoms with Gasteiger partial charge in [-0.1, -0.05) is 12.2 Å². The van der Waals surface area contributed by atoms with Crippen molar-refractivity contribution in [3.8, 4) is 0 Å². The van der Waals surface area contributed by atoms with Crippen molar-refractivity contribution in [3.63, 3.8) is 0 Å². The summed E-state index contributed by atoms with van der Waals surface area (Å²) in [5, 5.41) is 9.55. The van der Waals surface area contributed by atoms with E-state index in [1.165, 1.54) is 0 Å². The molecule has 3 heteroatoms. The average molecular weight is 200 g/mol. The van der Waals surface area contributed by atoms with Crippen molar-refractivity contribution < 1.29 is 14.6 Å². The highest BCUT2D eigenvalue weighted by Crippen LogP contribution is 2.30. The van der Waals surface area contributed by atoms with E-state index in [9.17, 15) is 5.11 Å². The number of hydrogen-bond acceptors (Lipinski definition) is 3. The third kappa shape index (κ3) is 3.08. The minimum Gasteiger partial charge on any atom is -0.393 e. The van der Waals surface area contributed by atoms with Gasteiger partial charge in [0.15, 0.2) is 5.79 Å². The second-order valence-electron chi connectivity index (χ2n) is 3.72. The third-order valence-electron chi connectivity index (χ3n) is 2.66. The minimum atomic E-state index is -0.558. The van der Waals surface area contributed by atoms with Crippen molar-refractivity contribution in [3.05, 3.63) is 12.2 Å². The standard InChI is InChI=1S/C11H20O3/c1-3-4-5-7-11(13-2)9-10(12)6-8-14-11/h3-4,10,12H,5-9H2,1-2H3/t10-,11+/m0/s1. The molecule has 0 radical (unpaired) electrons. The Kier molecular flexibility index (Phi) is 4.58. The van der Waals surface area contributed by atoms with E-state index >= 15 is 0 Å². The molecule has 1 N–H and O–H groups in total. The Morgan fingerprint density at radius 1 is 1.64 bits per heavy atom. The summed E-state index contributed by atoms with van der Waals surface area (Å²) in [7, 11) is 1.65. The summed E-state index contributed by atoms with van der Waals surface area (Å²) in [4.78, 5) is 0. The molecule has 0 spiro atoms. The molecular formula is C11H20O3. The van der Waals surface area contributed by atoms with Gasteiger partial charge in [-0.25, -0.2) is 0 Å². The smallest absolute Gasteiger partial charge is 0.170 e. The fourth-order valence-electron chi connectivity index (χ4n) is 1.79. The molecule has 0 aliphatic carbocycles. The molecule has 1 aliphatic heterocycles. The fourth-order valence-corrected chi connectivity index (χ4v) is 1.79. The van der Waals surface area contributed by atoms with E-state index in [0.717, 1.165) is 12.8 Å².